The van der Waals surface area contributed by atoms with Crippen molar-refractivity contribution in [3.8, 4) is 5.75 Å². The van der Waals surface area contributed by atoms with Gasteiger partial charge in [-0.05, 0) is 60.7 Å². The summed E-state index contributed by atoms with van der Waals surface area (Å²) in [5.74, 6) is 0.673. The van der Waals surface area contributed by atoms with Crippen LogP contribution in [0.5, 0.6) is 5.75 Å². The maximum absolute atomic E-state index is 12.1. The number of rotatable bonds is 9. The zero-order valence-electron chi connectivity index (χ0n) is 15.9. The fourth-order valence-electron chi connectivity index (χ4n) is 2.50. The molecule has 0 saturated heterocycles. The van der Waals surface area contributed by atoms with E-state index in [1.54, 1.807) is 18.2 Å². The number of anilines is 1. The van der Waals surface area contributed by atoms with E-state index in [-0.39, 0.29) is 23.5 Å². The molecule has 28 heavy (non-hydrogen) atoms. The molecule has 3 rings (SSSR count). The molecule has 0 unspecified atom stereocenters. The molecule has 1 saturated carbocycles. The quantitative estimate of drug-likeness (QED) is 0.560. The Kier molecular flexibility index (Phi) is 6.21. The first-order chi connectivity index (χ1) is 13.3. The summed E-state index contributed by atoms with van der Waals surface area (Å²) >= 11 is 0. The van der Waals surface area contributed by atoms with Crippen LogP contribution in [0.3, 0.4) is 0 Å². The summed E-state index contributed by atoms with van der Waals surface area (Å²) < 4.78 is 32.4. The van der Waals surface area contributed by atoms with Crippen molar-refractivity contribution in [2.75, 3.05) is 12.0 Å². The molecule has 2 aromatic carbocycles. The second-order valence-electron chi connectivity index (χ2n) is 7.11. The topological polar surface area (TPSA) is 96.5 Å². The van der Waals surface area contributed by atoms with Gasteiger partial charge in [0.1, 0.15) is 5.75 Å². The van der Waals surface area contributed by atoms with Crippen molar-refractivity contribution >= 4 is 21.6 Å². The van der Waals surface area contributed by atoms with Crippen molar-refractivity contribution in [2.45, 2.75) is 43.5 Å². The molecule has 7 nitrogen and oxygen atoms in total. The number of nitrogens with one attached hydrogen (secondary N) is 3. The third-order valence-corrected chi connectivity index (χ3v) is 5.84. The predicted octanol–water partition coefficient (Wildman–Crippen LogP) is 2.77. The Morgan fingerprint density at radius 3 is 2.50 bits per heavy atom. The molecule has 1 amide bonds. The number of carbonyl (C=O) groups is 1. The number of hydrogen-bond acceptors (Lipinski definition) is 5. The van der Waals surface area contributed by atoms with Gasteiger partial charge in [-0.1, -0.05) is 26.0 Å². The molecular weight excluding hydrogens is 378 g/mol. The Hall–Kier alpha value is -2.58. The molecule has 1 aliphatic rings. The highest BCUT2D eigenvalue weighted by Gasteiger charge is 2.27. The minimum Gasteiger partial charge on any atom is -0.484 e. The van der Waals surface area contributed by atoms with Crippen LogP contribution in [0.1, 0.15) is 38.2 Å². The van der Waals surface area contributed by atoms with E-state index >= 15 is 0 Å². The Morgan fingerprint density at radius 2 is 1.86 bits per heavy atom. The number of benzene rings is 2. The van der Waals surface area contributed by atoms with Crippen LogP contribution in [-0.2, 0) is 14.8 Å². The molecule has 2 aromatic rings. The van der Waals surface area contributed by atoms with Crippen LogP contribution in [0.4, 0.5) is 5.69 Å². The van der Waals surface area contributed by atoms with E-state index in [0.717, 1.165) is 18.4 Å². The first-order valence-electron chi connectivity index (χ1n) is 9.23. The number of ether oxygens (including phenoxy) is 1. The van der Waals surface area contributed by atoms with Gasteiger partial charge in [0.05, 0.1) is 10.6 Å². The number of sulfonamides is 1. The second kappa shape index (κ2) is 8.62. The molecular formula is C20H25N3O4S. The molecule has 1 aliphatic carbocycles. The van der Waals surface area contributed by atoms with E-state index in [2.05, 4.69) is 29.4 Å². The third kappa shape index (κ3) is 5.71. The van der Waals surface area contributed by atoms with E-state index in [9.17, 15) is 13.2 Å². The van der Waals surface area contributed by atoms with Crippen molar-refractivity contribution in [3.05, 3.63) is 54.1 Å². The predicted molar refractivity (Wildman–Crippen MR) is 108 cm³/mol. The molecule has 0 aromatic heterocycles. The van der Waals surface area contributed by atoms with Crippen LogP contribution in [0.25, 0.3) is 0 Å². The van der Waals surface area contributed by atoms with Gasteiger partial charge in [0.25, 0.3) is 5.91 Å². The smallest absolute Gasteiger partial charge is 0.276 e. The normalized spacial score (nSPS) is 14.0. The molecule has 1 fully saturated rings. The number of hydrogen-bond donors (Lipinski definition) is 3. The minimum atomic E-state index is -3.48. The summed E-state index contributed by atoms with van der Waals surface area (Å²) in [6, 6.07) is 13.9. The Balaban J connectivity index is 1.47. The summed E-state index contributed by atoms with van der Waals surface area (Å²) in [5, 5.41) is 0. The maximum Gasteiger partial charge on any atom is 0.276 e. The third-order valence-electron chi connectivity index (χ3n) is 4.30. The summed E-state index contributed by atoms with van der Waals surface area (Å²) in [6.45, 7) is 4.05. The average Bonchev–Trinajstić information content (AvgIpc) is 3.48. The Labute approximate surface area is 165 Å². The van der Waals surface area contributed by atoms with Gasteiger partial charge in [-0.25, -0.2) is 13.1 Å². The standard InChI is InChI=1S/C20H25N3O4S/c1-14(2)15-4-3-5-18(12-15)27-13-20(24)22-21-16-8-10-19(11-9-16)28(25,26)23-17-6-7-17/h3-5,8-12,14,17,21,23H,6-7,13H2,1-2H3,(H,22,24). The van der Waals surface area contributed by atoms with Crippen LogP contribution in [0, 0.1) is 0 Å². The summed E-state index contributed by atoms with van der Waals surface area (Å²) in [4.78, 5) is 12.2. The van der Waals surface area contributed by atoms with E-state index < -0.39 is 10.0 Å². The Bertz CT molecular complexity index is 923. The zero-order chi connectivity index (χ0) is 20.1. The SMILES string of the molecule is CC(C)c1cccc(OCC(=O)NNc2ccc(S(=O)(=O)NC3CC3)cc2)c1. The van der Waals surface area contributed by atoms with Gasteiger partial charge in [0.15, 0.2) is 6.61 Å². The summed E-state index contributed by atoms with van der Waals surface area (Å²) in [5.41, 5.74) is 6.99. The molecule has 0 spiro atoms. The molecule has 0 atom stereocenters. The van der Waals surface area contributed by atoms with Gasteiger partial charge >= 0.3 is 0 Å². The van der Waals surface area contributed by atoms with E-state index in [1.165, 1.54) is 12.1 Å². The van der Waals surface area contributed by atoms with Crippen molar-refractivity contribution < 1.29 is 17.9 Å². The molecule has 0 heterocycles. The monoisotopic (exact) mass is 403 g/mol. The lowest BCUT2D eigenvalue weighted by Crippen LogP contribution is -2.33. The van der Waals surface area contributed by atoms with Crippen molar-refractivity contribution in [1.29, 1.82) is 0 Å². The van der Waals surface area contributed by atoms with E-state index in [4.69, 9.17) is 4.74 Å². The van der Waals surface area contributed by atoms with Crippen LogP contribution < -0.4 is 20.3 Å². The van der Waals surface area contributed by atoms with Crippen LogP contribution in [0.15, 0.2) is 53.4 Å². The number of carbonyl (C=O) groups excluding carboxylic acids is 1. The summed E-state index contributed by atoms with van der Waals surface area (Å²) in [7, 11) is -3.48. The zero-order valence-corrected chi connectivity index (χ0v) is 16.8. The van der Waals surface area contributed by atoms with Crippen molar-refractivity contribution in [1.82, 2.24) is 10.1 Å². The number of hydrazine groups is 1. The molecule has 0 bridgehead atoms. The van der Waals surface area contributed by atoms with Gasteiger partial charge in [-0.3, -0.25) is 15.6 Å². The largest absolute Gasteiger partial charge is 0.484 e. The highest BCUT2D eigenvalue weighted by atomic mass is 32.2. The fraction of sp³-hybridized carbons (Fsp3) is 0.350. The highest BCUT2D eigenvalue weighted by Crippen LogP contribution is 2.23. The maximum atomic E-state index is 12.1. The lowest BCUT2D eigenvalue weighted by Gasteiger charge is -2.12. The van der Waals surface area contributed by atoms with Crippen molar-refractivity contribution in [3.63, 3.8) is 0 Å². The first-order valence-corrected chi connectivity index (χ1v) is 10.7. The molecule has 0 aliphatic heterocycles. The van der Waals surface area contributed by atoms with Crippen LogP contribution in [-0.4, -0.2) is 27.0 Å². The highest BCUT2D eigenvalue weighted by molar-refractivity contribution is 7.89. The van der Waals surface area contributed by atoms with E-state index in [0.29, 0.717) is 17.4 Å². The van der Waals surface area contributed by atoms with Gasteiger partial charge in [-0.2, -0.15) is 0 Å². The van der Waals surface area contributed by atoms with Gasteiger partial charge < -0.3 is 4.74 Å². The van der Waals surface area contributed by atoms with Gasteiger partial charge in [-0.15, -0.1) is 0 Å². The first kappa shape index (κ1) is 20.2. The summed E-state index contributed by atoms with van der Waals surface area (Å²) in [6.07, 6.45) is 1.77. The molecule has 0 radical (unpaired) electrons. The lowest BCUT2D eigenvalue weighted by atomic mass is 10.0. The van der Waals surface area contributed by atoms with Crippen LogP contribution in [0.2, 0.25) is 0 Å². The lowest BCUT2D eigenvalue weighted by molar-refractivity contribution is -0.122. The minimum absolute atomic E-state index is 0.0586. The second-order valence-corrected chi connectivity index (χ2v) is 8.82. The molecule has 8 heteroatoms. The average molecular weight is 404 g/mol. The number of amides is 1. The van der Waals surface area contributed by atoms with Gasteiger partial charge in [0.2, 0.25) is 10.0 Å². The molecule has 150 valence electrons. The van der Waals surface area contributed by atoms with Crippen molar-refractivity contribution in [2.24, 2.45) is 0 Å². The van der Waals surface area contributed by atoms with Gasteiger partial charge in [0, 0.05) is 6.04 Å². The Morgan fingerprint density at radius 1 is 1.14 bits per heavy atom. The van der Waals surface area contributed by atoms with E-state index in [1.807, 2.05) is 18.2 Å². The molecule has 3 N–H and O–H groups in total. The fourth-order valence-corrected chi connectivity index (χ4v) is 3.80. The van der Waals surface area contributed by atoms with Crippen LogP contribution >= 0.6 is 0 Å².